The van der Waals surface area contributed by atoms with Crippen molar-refractivity contribution >= 4 is 51.4 Å². The molecule has 3 rings (SSSR count). The molecule has 1 aliphatic heterocycles. The Morgan fingerprint density at radius 3 is 2.79 bits per heavy atom. The Morgan fingerprint density at radius 1 is 1.25 bits per heavy atom. The van der Waals surface area contributed by atoms with Crippen molar-refractivity contribution in [2.45, 2.75) is 13.3 Å². The summed E-state index contributed by atoms with van der Waals surface area (Å²) < 4.78 is 0. The number of halogens is 2. The zero-order chi connectivity index (χ0) is 17.1. The van der Waals surface area contributed by atoms with Gasteiger partial charge in [-0.05, 0) is 31.5 Å². The molecule has 1 aliphatic rings. The van der Waals surface area contributed by atoms with Crippen LogP contribution in [0.1, 0.15) is 12.1 Å². The summed E-state index contributed by atoms with van der Waals surface area (Å²) in [5.41, 5.74) is 1.61. The standard InChI is InChI=1S/C16H18Cl2N4OS/c1-11-10-24-16(19-11)22-6-2-5-21(7-8-22)15(23)20-14-4-3-12(17)9-13(14)18/h3-4,9-10H,2,5-8H2,1H3,(H,20,23). The van der Waals surface area contributed by atoms with Crippen LogP contribution in [0.25, 0.3) is 0 Å². The van der Waals surface area contributed by atoms with E-state index in [1.807, 2.05) is 17.2 Å². The molecule has 0 spiro atoms. The Morgan fingerprint density at radius 2 is 2.08 bits per heavy atom. The molecule has 1 N–H and O–H groups in total. The van der Waals surface area contributed by atoms with Crippen molar-refractivity contribution in [1.82, 2.24) is 9.88 Å². The minimum atomic E-state index is -0.142. The Labute approximate surface area is 155 Å². The monoisotopic (exact) mass is 384 g/mol. The van der Waals surface area contributed by atoms with Gasteiger partial charge in [0.05, 0.1) is 16.4 Å². The number of rotatable bonds is 2. The zero-order valence-corrected chi connectivity index (χ0v) is 15.6. The lowest BCUT2D eigenvalue weighted by atomic mass is 10.3. The summed E-state index contributed by atoms with van der Waals surface area (Å²) in [5.74, 6) is 0. The summed E-state index contributed by atoms with van der Waals surface area (Å²) in [5, 5.41) is 6.91. The summed E-state index contributed by atoms with van der Waals surface area (Å²) in [6, 6.07) is 4.90. The van der Waals surface area contributed by atoms with Gasteiger partial charge in [-0.3, -0.25) is 0 Å². The largest absolute Gasteiger partial charge is 0.346 e. The van der Waals surface area contributed by atoms with E-state index in [1.165, 1.54) is 0 Å². The number of nitrogens with one attached hydrogen (secondary N) is 1. The summed E-state index contributed by atoms with van der Waals surface area (Å²) >= 11 is 13.6. The maximum atomic E-state index is 12.5. The molecule has 2 aromatic rings. The second-order valence-corrected chi connectivity index (χ2v) is 7.33. The zero-order valence-electron chi connectivity index (χ0n) is 13.3. The minimum Gasteiger partial charge on any atom is -0.346 e. The topological polar surface area (TPSA) is 48.5 Å². The van der Waals surface area contributed by atoms with Gasteiger partial charge in [0, 0.05) is 36.6 Å². The highest BCUT2D eigenvalue weighted by Crippen LogP contribution is 2.26. The van der Waals surface area contributed by atoms with Crippen LogP contribution in [0.2, 0.25) is 10.0 Å². The number of amides is 2. The van der Waals surface area contributed by atoms with E-state index in [0.29, 0.717) is 28.8 Å². The minimum absolute atomic E-state index is 0.142. The molecule has 2 heterocycles. The van der Waals surface area contributed by atoms with Crippen LogP contribution in [-0.2, 0) is 0 Å². The van der Waals surface area contributed by atoms with Crippen LogP contribution >= 0.6 is 34.5 Å². The van der Waals surface area contributed by atoms with Crippen molar-refractivity contribution in [1.29, 1.82) is 0 Å². The fourth-order valence-corrected chi connectivity index (χ4v) is 3.90. The average Bonchev–Trinajstić information content (AvgIpc) is 2.83. The molecule has 1 saturated heterocycles. The molecular formula is C16H18Cl2N4OS. The summed E-state index contributed by atoms with van der Waals surface area (Å²) in [7, 11) is 0. The number of thiazole rings is 1. The molecule has 0 atom stereocenters. The van der Waals surface area contributed by atoms with Crippen molar-refractivity contribution in [2.75, 3.05) is 36.4 Å². The third-order valence-electron chi connectivity index (χ3n) is 3.83. The van der Waals surface area contributed by atoms with E-state index in [2.05, 4.69) is 15.2 Å². The van der Waals surface area contributed by atoms with Gasteiger partial charge >= 0.3 is 6.03 Å². The molecule has 1 fully saturated rings. The number of hydrogen-bond acceptors (Lipinski definition) is 4. The van der Waals surface area contributed by atoms with E-state index >= 15 is 0 Å². The van der Waals surface area contributed by atoms with Crippen LogP contribution in [0.5, 0.6) is 0 Å². The van der Waals surface area contributed by atoms with Crippen LogP contribution in [0, 0.1) is 6.92 Å². The van der Waals surface area contributed by atoms with Gasteiger partial charge in [-0.2, -0.15) is 0 Å². The van der Waals surface area contributed by atoms with Crippen molar-refractivity contribution in [2.24, 2.45) is 0 Å². The molecule has 2 amide bonds. The van der Waals surface area contributed by atoms with Crippen LogP contribution < -0.4 is 10.2 Å². The highest BCUT2D eigenvalue weighted by Gasteiger charge is 2.21. The first kappa shape index (κ1) is 17.3. The molecule has 0 unspecified atom stereocenters. The Kier molecular flexibility index (Phi) is 5.48. The predicted octanol–water partition coefficient (Wildman–Crippen LogP) is 4.50. The van der Waals surface area contributed by atoms with E-state index in [-0.39, 0.29) is 6.03 Å². The van der Waals surface area contributed by atoms with Gasteiger partial charge in [0.2, 0.25) is 0 Å². The number of anilines is 2. The van der Waals surface area contributed by atoms with E-state index in [0.717, 1.165) is 30.3 Å². The predicted molar refractivity (Wildman–Crippen MR) is 101 cm³/mol. The maximum absolute atomic E-state index is 12.5. The second kappa shape index (κ2) is 7.59. The van der Waals surface area contributed by atoms with E-state index in [9.17, 15) is 4.79 Å². The number of urea groups is 1. The van der Waals surface area contributed by atoms with Crippen molar-refractivity contribution in [3.05, 3.63) is 39.3 Å². The first-order valence-electron chi connectivity index (χ1n) is 7.71. The second-order valence-electron chi connectivity index (χ2n) is 5.65. The van der Waals surface area contributed by atoms with Crippen LogP contribution in [0.4, 0.5) is 15.6 Å². The Bertz CT molecular complexity index is 737. The van der Waals surface area contributed by atoms with Gasteiger partial charge in [0.1, 0.15) is 0 Å². The van der Waals surface area contributed by atoms with Crippen molar-refractivity contribution in [3.8, 4) is 0 Å². The van der Waals surface area contributed by atoms with Gasteiger partial charge < -0.3 is 15.1 Å². The normalized spacial score (nSPS) is 15.3. The number of nitrogens with zero attached hydrogens (tertiary/aromatic N) is 3. The number of benzene rings is 1. The number of carbonyl (C=O) groups excluding carboxylic acids is 1. The third-order valence-corrected chi connectivity index (χ3v) is 5.40. The fourth-order valence-electron chi connectivity index (χ4n) is 2.58. The molecule has 0 radical (unpaired) electrons. The number of hydrogen-bond donors (Lipinski definition) is 1. The van der Waals surface area contributed by atoms with E-state index in [4.69, 9.17) is 23.2 Å². The van der Waals surface area contributed by atoms with Gasteiger partial charge in [-0.25, -0.2) is 9.78 Å². The number of aromatic nitrogens is 1. The lowest BCUT2D eigenvalue weighted by molar-refractivity contribution is 0.215. The summed E-state index contributed by atoms with van der Waals surface area (Å²) in [6.07, 6.45) is 0.903. The van der Waals surface area contributed by atoms with Crippen molar-refractivity contribution in [3.63, 3.8) is 0 Å². The first-order chi connectivity index (χ1) is 11.5. The maximum Gasteiger partial charge on any atom is 0.321 e. The summed E-state index contributed by atoms with van der Waals surface area (Å²) in [4.78, 5) is 21.1. The van der Waals surface area contributed by atoms with Gasteiger partial charge in [0.15, 0.2) is 5.13 Å². The Hall–Kier alpha value is -1.50. The summed E-state index contributed by atoms with van der Waals surface area (Å²) in [6.45, 7) is 5.02. The molecule has 0 bridgehead atoms. The smallest absolute Gasteiger partial charge is 0.321 e. The highest BCUT2D eigenvalue weighted by molar-refractivity contribution is 7.13. The quantitative estimate of drug-likeness (QED) is 0.828. The molecule has 8 heteroatoms. The first-order valence-corrected chi connectivity index (χ1v) is 9.34. The van der Waals surface area contributed by atoms with E-state index < -0.39 is 0 Å². The average molecular weight is 385 g/mol. The molecule has 0 aliphatic carbocycles. The lowest BCUT2D eigenvalue weighted by Gasteiger charge is -2.22. The van der Waals surface area contributed by atoms with Gasteiger partial charge in [-0.15, -0.1) is 11.3 Å². The van der Waals surface area contributed by atoms with Gasteiger partial charge in [0.25, 0.3) is 0 Å². The molecule has 0 saturated carbocycles. The Balaban J connectivity index is 1.62. The fraction of sp³-hybridized carbons (Fsp3) is 0.375. The molecule has 1 aromatic heterocycles. The van der Waals surface area contributed by atoms with Crippen LogP contribution in [-0.4, -0.2) is 42.1 Å². The SMILES string of the molecule is Cc1csc(N2CCCN(C(=O)Nc3ccc(Cl)cc3Cl)CC2)n1. The van der Waals surface area contributed by atoms with Crippen LogP contribution in [0.3, 0.4) is 0 Å². The molecule has 128 valence electrons. The van der Waals surface area contributed by atoms with Crippen LogP contribution in [0.15, 0.2) is 23.6 Å². The third kappa shape index (κ3) is 4.12. The number of aryl methyl sites for hydroxylation is 1. The molecular weight excluding hydrogens is 367 g/mol. The van der Waals surface area contributed by atoms with E-state index in [1.54, 1.807) is 29.5 Å². The number of carbonyl (C=O) groups is 1. The molecule has 1 aromatic carbocycles. The lowest BCUT2D eigenvalue weighted by Crippen LogP contribution is -2.38. The molecule has 5 nitrogen and oxygen atoms in total. The van der Waals surface area contributed by atoms with Gasteiger partial charge in [-0.1, -0.05) is 23.2 Å². The highest BCUT2D eigenvalue weighted by atomic mass is 35.5. The molecule has 24 heavy (non-hydrogen) atoms. The van der Waals surface area contributed by atoms with Crippen molar-refractivity contribution < 1.29 is 4.79 Å².